The molecule has 0 saturated carbocycles. The summed E-state index contributed by atoms with van der Waals surface area (Å²) in [7, 11) is 0. The number of nitrogens with zero attached hydrogens (tertiary/aromatic N) is 1. The van der Waals surface area contributed by atoms with Crippen LogP contribution in [0, 0.1) is 5.92 Å². The summed E-state index contributed by atoms with van der Waals surface area (Å²) in [6.45, 7) is 11.3. The van der Waals surface area contributed by atoms with E-state index in [-0.39, 0.29) is 6.10 Å². The van der Waals surface area contributed by atoms with E-state index in [0.717, 1.165) is 32.8 Å². The molecule has 108 valence electrons. The van der Waals surface area contributed by atoms with Crippen LogP contribution in [0.5, 0.6) is 0 Å². The lowest BCUT2D eigenvalue weighted by Crippen LogP contribution is -2.40. The molecule has 0 bridgehead atoms. The largest absolute Gasteiger partial charge is 0.379 e. The molecule has 4 nitrogen and oxygen atoms in total. The standard InChI is InChI=1S/C12H26NO3PS/c1-11(2)10-15-17(4,18)16-12(3)9-13-5-7-14-8-6-13/h11-12H,5-10H2,1-4H3. The molecular formula is C12H26NO3PS. The highest BCUT2D eigenvalue weighted by atomic mass is 32.5. The minimum absolute atomic E-state index is 0.117. The van der Waals surface area contributed by atoms with Gasteiger partial charge in [0.1, 0.15) is 0 Å². The molecular weight excluding hydrogens is 269 g/mol. The highest BCUT2D eigenvalue weighted by Crippen LogP contribution is 2.46. The predicted molar refractivity (Wildman–Crippen MR) is 78.8 cm³/mol. The maximum absolute atomic E-state index is 5.91. The van der Waals surface area contributed by atoms with E-state index in [1.807, 2.05) is 6.66 Å². The molecule has 0 radical (unpaired) electrons. The maximum Gasteiger partial charge on any atom is 0.185 e. The van der Waals surface area contributed by atoms with Crippen LogP contribution >= 0.6 is 6.49 Å². The van der Waals surface area contributed by atoms with Crippen molar-refractivity contribution in [3.05, 3.63) is 0 Å². The lowest BCUT2D eigenvalue weighted by molar-refractivity contribution is 0.0213. The van der Waals surface area contributed by atoms with Crippen molar-refractivity contribution in [2.75, 3.05) is 46.1 Å². The molecule has 1 saturated heterocycles. The molecule has 0 spiro atoms. The van der Waals surface area contributed by atoms with E-state index in [0.29, 0.717) is 12.5 Å². The zero-order valence-corrected chi connectivity index (χ0v) is 13.6. The van der Waals surface area contributed by atoms with Crippen LogP contribution in [0.4, 0.5) is 0 Å². The fraction of sp³-hybridized carbons (Fsp3) is 1.00. The molecule has 1 rings (SSSR count). The number of hydrogen-bond acceptors (Lipinski definition) is 5. The average Bonchev–Trinajstić information content (AvgIpc) is 2.27. The smallest absolute Gasteiger partial charge is 0.185 e. The summed E-state index contributed by atoms with van der Waals surface area (Å²) in [4.78, 5) is 2.35. The fourth-order valence-corrected chi connectivity index (χ4v) is 3.80. The van der Waals surface area contributed by atoms with Gasteiger partial charge in [0, 0.05) is 26.3 Å². The van der Waals surface area contributed by atoms with Gasteiger partial charge in [-0.2, -0.15) is 0 Å². The van der Waals surface area contributed by atoms with Gasteiger partial charge in [-0.15, -0.1) is 0 Å². The van der Waals surface area contributed by atoms with E-state index in [1.54, 1.807) is 0 Å². The SMILES string of the molecule is CC(C)COP(C)(=S)OC(C)CN1CCOCC1. The first kappa shape index (κ1) is 16.5. The van der Waals surface area contributed by atoms with Gasteiger partial charge in [0.05, 0.1) is 25.9 Å². The van der Waals surface area contributed by atoms with Gasteiger partial charge in [-0.3, -0.25) is 4.90 Å². The molecule has 0 aromatic carbocycles. The lowest BCUT2D eigenvalue weighted by Gasteiger charge is -2.31. The van der Waals surface area contributed by atoms with Crippen LogP contribution in [-0.4, -0.2) is 57.1 Å². The first-order valence-electron chi connectivity index (χ1n) is 6.59. The van der Waals surface area contributed by atoms with E-state index in [1.165, 1.54) is 0 Å². The van der Waals surface area contributed by atoms with Gasteiger partial charge in [0.15, 0.2) is 6.49 Å². The molecule has 1 aliphatic rings. The third kappa shape index (κ3) is 7.17. The van der Waals surface area contributed by atoms with E-state index in [4.69, 9.17) is 25.6 Å². The van der Waals surface area contributed by atoms with Gasteiger partial charge in [0.25, 0.3) is 0 Å². The minimum atomic E-state index is -2.09. The van der Waals surface area contributed by atoms with Crippen molar-refractivity contribution >= 4 is 18.3 Å². The highest BCUT2D eigenvalue weighted by Gasteiger charge is 2.20. The molecule has 0 aliphatic carbocycles. The first-order valence-corrected chi connectivity index (χ1v) is 9.68. The first-order chi connectivity index (χ1) is 8.39. The van der Waals surface area contributed by atoms with Crippen LogP contribution in [0.25, 0.3) is 0 Å². The van der Waals surface area contributed by atoms with Crippen LogP contribution in [0.15, 0.2) is 0 Å². The molecule has 2 atom stereocenters. The second-order valence-electron chi connectivity index (χ2n) is 5.29. The van der Waals surface area contributed by atoms with Crippen LogP contribution in [-0.2, 0) is 25.6 Å². The highest BCUT2D eigenvalue weighted by molar-refractivity contribution is 8.09. The van der Waals surface area contributed by atoms with Gasteiger partial charge in [0.2, 0.25) is 0 Å². The topological polar surface area (TPSA) is 30.9 Å². The minimum Gasteiger partial charge on any atom is -0.379 e. The Morgan fingerprint density at radius 1 is 1.28 bits per heavy atom. The summed E-state index contributed by atoms with van der Waals surface area (Å²) < 4.78 is 16.9. The third-order valence-electron chi connectivity index (χ3n) is 2.63. The Balaban J connectivity index is 2.28. The second-order valence-corrected chi connectivity index (χ2v) is 9.29. The van der Waals surface area contributed by atoms with Crippen molar-refractivity contribution in [1.29, 1.82) is 0 Å². The van der Waals surface area contributed by atoms with Gasteiger partial charge < -0.3 is 13.8 Å². The zero-order chi connectivity index (χ0) is 13.6. The van der Waals surface area contributed by atoms with Crippen molar-refractivity contribution < 1.29 is 13.8 Å². The van der Waals surface area contributed by atoms with Crippen molar-refractivity contribution in [2.24, 2.45) is 5.92 Å². The van der Waals surface area contributed by atoms with Crippen molar-refractivity contribution in [3.63, 3.8) is 0 Å². The Hall–Kier alpha value is 0.490. The molecule has 0 amide bonds. The Bertz CT molecular complexity index is 282. The van der Waals surface area contributed by atoms with Crippen LogP contribution < -0.4 is 0 Å². The van der Waals surface area contributed by atoms with Crippen molar-refractivity contribution in [1.82, 2.24) is 4.90 Å². The predicted octanol–water partition coefficient (Wildman–Crippen LogP) is 2.34. The average molecular weight is 295 g/mol. The molecule has 6 heteroatoms. The number of hydrogen-bond donors (Lipinski definition) is 0. The van der Waals surface area contributed by atoms with Crippen molar-refractivity contribution in [3.8, 4) is 0 Å². The quantitative estimate of drug-likeness (QED) is 0.673. The summed E-state index contributed by atoms with van der Waals surface area (Å²) in [6.07, 6.45) is 0.117. The Morgan fingerprint density at radius 3 is 2.44 bits per heavy atom. The monoisotopic (exact) mass is 295 g/mol. The summed E-state index contributed by atoms with van der Waals surface area (Å²) in [5.41, 5.74) is 0. The molecule has 18 heavy (non-hydrogen) atoms. The van der Waals surface area contributed by atoms with Gasteiger partial charge in [-0.05, 0) is 24.6 Å². The van der Waals surface area contributed by atoms with Gasteiger partial charge >= 0.3 is 0 Å². The third-order valence-corrected chi connectivity index (χ3v) is 4.57. The number of rotatable bonds is 7. The Morgan fingerprint density at radius 2 is 1.89 bits per heavy atom. The molecule has 1 heterocycles. The van der Waals surface area contributed by atoms with E-state index >= 15 is 0 Å². The molecule has 1 fully saturated rings. The lowest BCUT2D eigenvalue weighted by atomic mass is 10.2. The number of morpholine rings is 1. The molecule has 1 aliphatic heterocycles. The Labute approximate surface area is 116 Å². The molecule has 0 aromatic rings. The van der Waals surface area contributed by atoms with Crippen LogP contribution in [0.1, 0.15) is 20.8 Å². The second kappa shape index (κ2) is 7.93. The number of ether oxygens (including phenoxy) is 1. The zero-order valence-electron chi connectivity index (χ0n) is 11.9. The van der Waals surface area contributed by atoms with Crippen LogP contribution in [0.2, 0.25) is 0 Å². The van der Waals surface area contributed by atoms with Crippen LogP contribution in [0.3, 0.4) is 0 Å². The summed E-state index contributed by atoms with van der Waals surface area (Å²) in [5, 5.41) is 0. The maximum atomic E-state index is 5.91. The van der Waals surface area contributed by atoms with E-state index in [2.05, 4.69) is 25.7 Å². The van der Waals surface area contributed by atoms with Gasteiger partial charge in [-0.1, -0.05) is 13.8 Å². The molecule has 2 unspecified atom stereocenters. The van der Waals surface area contributed by atoms with E-state index < -0.39 is 6.49 Å². The van der Waals surface area contributed by atoms with Gasteiger partial charge in [-0.25, -0.2) is 0 Å². The summed E-state index contributed by atoms with van der Waals surface area (Å²) in [6, 6.07) is 0. The fourth-order valence-electron chi connectivity index (χ4n) is 1.82. The normalized spacial score (nSPS) is 22.9. The molecule has 0 aromatic heterocycles. The summed E-state index contributed by atoms with van der Waals surface area (Å²) >= 11 is 5.43. The molecule has 0 N–H and O–H groups in total. The summed E-state index contributed by atoms with van der Waals surface area (Å²) in [5.74, 6) is 0.491. The Kier molecular flexibility index (Phi) is 7.29. The van der Waals surface area contributed by atoms with Crippen molar-refractivity contribution in [2.45, 2.75) is 26.9 Å². The van der Waals surface area contributed by atoms with E-state index in [9.17, 15) is 0 Å².